The van der Waals surface area contributed by atoms with Gasteiger partial charge in [0.05, 0.1) is 24.9 Å². The summed E-state index contributed by atoms with van der Waals surface area (Å²) < 4.78 is 5.74. The van der Waals surface area contributed by atoms with E-state index in [1.54, 1.807) is 12.1 Å². The van der Waals surface area contributed by atoms with E-state index < -0.39 is 0 Å². The summed E-state index contributed by atoms with van der Waals surface area (Å²) >= 11 is 0. The normalized spacial score (nSPS) is 14.7. The van der Waals surface area contributed by atoms with Crippen molar-refractivity contribution < 1.29 is 14.9 Å². The Morgan fingerprint density at radius 3 is 2.80 bits per heavy atom. The number of hydrogen-bond acceptors (Lipinski definition) is 8. The van der Waals surface area contributed by atoms with Crippen LogP contribution >= 0.6 is 0 Å². The van der Waals surface area contributed by atoms with Crippen LogP contribution in [0.4, 0.5) is 11.5 Å². The lowest BCUT2D eigenvalue weighted by atomic mass is 10.0. The largest absolute Gasteiger partial charge is 0.508 e. The zero-order valence-electron chi connectivity index (χ0n) is 17.2. The lowest BCUT2D eigenvalue weighted by Gasteiger charge is -2.31. The van der Waals surface area contributed by atoms with E-state index in [1.807, 2.05) is 37.2 Å². The maximum Gasteiger partial charge on any atom is 0.318 e. The third kappa shape index (κ3) is 3.96. The molecule has 0 fully saturated rings. The Hall–Kier alpha value is -3.10. The molecular formula is C22H27N5O3. The Bertz CT molecular complexity index is 1060. The van der Waals surface area contributed by atoms with Crippen LogP contribution in [0.2, 0.25) is 0 Å². The molecule has 8 heteroatoms. The van der Waals surface area contributed by atoms with Crippen molar-refractivity contribution in [1.82, 2.24) is 14.9 Å². The molecule has 8 nitrogen and oxygen atoms in total. The molecule has 1 unspecified atom stereocenters. The number of nitrogens with zero attached hydrogens (tertiary/aromatic N) is 4. The van der Waals surface area contributed by atoms with Crippen LogP contribution in [0.25, 0.3) is 10.8 Å². The molecule has 2 heterocycles. The molecule has 4 N–H and O–H groups in total. The van der Waals surface area contributed by atoms with E-state index in [9.17, 15) is 10.2 Å². The zero-order chi connectivity index (χ0) is 21.3. The summed E-state index contributed by atoms with van der Waals surface area (Å²) in [6.07, 6.45) is 0.711. The average Bonchev–Trinajstić information content (AvgIpc) is 2.73. The number of fused-ring (bicyclic) bond motifs is 2. The van der Waals surface area contributed by atoms with Crippen molar-refractivity contribution in [2.75, 3.05) is 44.5 Å². The number of ether oxygens (including phenoxy) is 1. The van der Waals surface area contributed by atoms with Crippen molar-refractivity contribution in [2.45, 2.75) is 19.0 Å². The predicted octanol–water partition coefficient (Wildman–Crippen LogP) is 1.78. The summed E-state index contributed by atoms with van der Waals surface area (Å²) in [5, 5.41) is 21.7. The summed E-state index contributed by atoms with van der Waals surface area (Å²) in [6, 6.07) is 11.6. The second kappa shape index (κ2) is 8.33. The first-order chi connectivity index (χ1) is 14.5. The van der Waals surface area contributed by atoms with Gasteiger partial charge < -0.3 is 30.5 Å². The molecule has 1 aliphatic heterocycles. The second-order valence-electron chi connectivity index (χ2n) is 7.79. The van der Waals surface area contributed by atoms with Gasteiger partial charge in [0.25, 0.3) is 0 Å². The Morgan fingerprint density at radius 1 is 1.23 bits per heavy atom. The first-order valence-electron chi connectivity index (χ1n) is 9.98. The number of nitrogen functional groups attached to an aromatic ring is 1. The SMILES string of the molecule is CN(C)C(CO)COc1nc(N)c2c(n1)CN(c1cc(O)cc3ccccc13)CC2. The average molecular weight is 409 g/mol. The molecule has 0 amide bonds. The van der Waals surface area contributed by atoms with Crippen LogP contribution < -0.4 is 15.4 Å². The number of hydrogen-bond donors (Lipinski definition) is 3. The van der Waals surface area contributed by atoms with Crippen LogP contribution in [-0.4, -0.2) is 65.0 Å². The molecule has 4 rings (SSSR count). The maximum atomic E-state index is 10.2. The summed E-state index contributed by atoms with van der Waals surface area (Å²) in [6.45, 7) is 1.54. The van der Waals surface area contributed by atoms with Gasteiger partial charge in [-0.15, -0.1) is 0 Å². The van der Waals surface area contributed by atoms with Crippen LogP contribution in [0.3, 0.4) is 0 Å². The van der Waals surface area contributed by atoms with Gasteiger partial charge in [-0.3, -0.25) is 0 Å². The summed E-state index contributed by atoms with van der Waals surface area (Å²) in [5.74, 6) is 0.667. The van der Waals surface area contributed by atoms with Gasteiger partial charge in [-0.05, 0) is 32.0 Å². The van der Waals surface area contributed by atoms with Crippen LogP contribution in [0, 0.1) is 0 Å². The number of anilines is 2. The minimum absolute atomic E-state index is 0.0220. The minimum Gasteiger partial charge on any atom is -0.508 e. The fraction of sp³-hybridized carbons (Fsp3) is 0.364. The highest BCUT2D eigenvalue weighted by Crippen LogP contribution is 2.35. The quantitative estimate of drug-likeness (QED) is 0.565. The standard InChI is InChI=1S/C22H27N5O3/c1-26(2)15(12-28)13-30-22-24-19-11-27(8-7-18(19)21(23)25-22)20-10-16(29)9-14-5-3-4-6-17(14)20/h3-6,9-10,15,28-29H,7-8,11-13H2,1-2H3,(H2,23,24,25). The Kier molecular flexibility index (Phi) is 5.61. The van der Waals surface area contributed by atoms with E-state index >= 15 is 0 Å². The molecule has 1 atom stereocenters. The van der Waals surface area contributed by atoms with Gasteiger partial charge in [0.15, 0.2) is 0 Å². The maximum absolute atomic E-state index is 10.2. The number of aliphatic hydroxyl groups is 1. The molecule has 30 heavy (non-hydrogen) atoms. The minimum atomic E-state index is -0.152. The van der Waals surface area contributed by atoms with Crippen molar-refractivity contribution >= 4 is 22.3 Å². The van der Waals surface area contributed by atoms with E-state index in [4.69, 9.17) is 10.5 Å². The fourth-order valence-electron chi connectivity index (χ4n) is 3.78. The molecule has 2 aromatic carbocycles. The first-order valence-corrected chi connectivity index (χ1v) is 9.98. The number of rotatable bonds is 6. The second-order valence-corrected chi connectivity index (χ2v) is 7.79. The Balaban J connectivity index is 1.61. The van der Waals surface area contributed by atoms with E-state index in [2.05, 4.69) is 20.9 Å². The van der Waals surface area contributed by atoms with E-state index in [1.165, 1.54) is 0 Å². The van der Waals surface area contributed by atoms with Crippen LogP contribution in [0.1, 0.15) is 11.3 Å². The molecule has 0 radical (unpaired) electrons. The number of benzene rings is 2. The van der Waals surface area contributed by atoms with Gasteiger partial charge in [-0.2, -0.15) is 9.97 Å². The highest BCUT2D eigenvalue weighted by atomic mass is 16.5. The number of aromatic hydroxyl groups is 1. The molecule has 0 saturated heterocycles. The summed E-state index contributed by atoms with van der Waals surface area (Å²) in [5.41, 5.74) is 8.91. The van der Waals surface area contributed by atoms with Crippen molar-refractivity contribution in [3.63, 3.8) is 0 Å². The molecule has 0 aliphatic carbocycles. The van der Waals surface area contributed by atoms with Crippen molar-refractivity contribution in [2.24, 2.45) is 0 Å². The summed E-state index contributed by atoms with van der Waals surface area (Å²) in [7, 11) is 3.76. The smallest absolute Gasteiger partial charge is 0.318 e. The molecule has 0 spiro atoms. The molecule has 3 aromatic rings. The van der Waals surface area contributed by atoms with Gasteiger partial charge in [0.2, 0.25) is 0 Å². The van der Waals surface area contributed by atoms with Gasteiger partial charge in [0, 0.05) is 29.2 Å². The molecule has 1 aromatic heterocycles. The lowest BCUT2D eigenvalue weighted by molar-refractivity contribution is 0.113. The fourth-order valence-corrected chi connectivity index (χ4v) is 3.78. The molecule has 1 aliphatic rings. The van der Waals surface area contributed by atoms with Crippen LogP contribution in [-0.2, 0) is 13.0 Å². The number of nitrogens with two attached hydrogens (primary N) is 1. The van der Waals surface area contributed by atoms with E-state index in [-0.39, 0.29) is 31.0 Å². The third-order valence-electron chi connectivity index (χ3n) is 5.59. The number of aliphatic hydroxyl groups excluding tert-OH is 1. The van der Waals surface area contributed by atoms with E-state index in [0.717, 1.165) is 34.3 Å². The van der Waals surface area contributed by atoms with Crippen molar-refractivity contribution in [3.8, 4) is 11.8 Å². The Morgan fingerprint density at radius 2 is 2.03 bits per heavy atom. The number of aromatic nitrogens is 2. The van der Waals surface area contributed by atoms with Gasteiger partial charge in [-0.1, -0.05) is 24.3 Å². The zero-order valence-corrected chi connectivity index (χ0v) is 17.2. The number of phenols is 1. The summed E-state index contributed by atoms with van der Waals surface area (Å²) in [4.78, 5) is 13.0. The third-order valence-corrected chi connectivity index (χ3v) is 5.59. The molecule has 0 bridgehead atoms. The van der Waals surface area contributed by atoms with E-state index in [0.29, 0.717) is 18.8 Å². The highest BCUT2D eigenvalue weighted by Gasteiger charge is 2.24. The van der Waals surface area contributed by atoms with Crippen molar-refractivity contribution in [1.29, 1.82) is 0 Å². The van der Waals surface area contributed by atoms with Crippen molar-refractivity contribution in [3.05, 3.63) is 47.7 Å². The van der Waals surface area contributed by atoms with Gasteiger partial charge in [0.1, 0.15) is 18.2 Å². The monoisotopic (exact) mass is 409 g/mol. The predicted molar refractivity (Wildman–Crippen MR) is 117 cm³/mol. The first kappa shape index (κ1) is 20.2. The van der Waals surface area contributed by atoms with Gasteiger partial charge in [-0.25, -0.2) is 0 Å². The lowest BCUT2D eigenvalue weighted by Crippen LogP contribution is -2.37. The molecule has 158 valence electrons. The van der Waals surface area contributed by atoms with Crippen LogP contribution in [0.15, 0.2) is 36.4 Å². The van der Waals surface area contributed by atoms with Crippen LogP contribution in [0.5, 0.6) is 11.8 Å². The number of likely N-dealkylation sites (N-methyl/N-ethyl adjacent to an activating group) is 1. The molecular weight excluding hydrogens is 382 g/mol. The number of phenolic OH excluding ortho intramolecular Hbond substituents is 1. The topological polar surface area (TPSA) is 108 Å². The molecule has 0 saturated carbocycles. The highest BCUT2D eigenvalue weighted by molar-refractivity contribution is 5.95. The Labute approximate surface area is 175 Å². The van der Waals surface area contributed by atoms with Gasteiger partial charge >= 0.3 is 6.01 Å².